The molecule has 2 heteroatoms. The third-order valence-corrected chi connectivity index (χ3v) is 6.19. The van der Waals surface area contributed by atoms with E-state index in [2.05, 4.69) is 68.4 Å². The van der Waals surface area contributed by atoms with E-state index in [1.54, 1.807) is 6.07 Å². The van der Waals surface area contributed by atoms with Crippen molar-refractivity contribution in [3.8, 4) is 11.5 Å². The molecule has 0 aliphatic carbocycles. The highest BCUT2D eigenvalue weighted by molar-refractivity contribution is 5.48. The van der Waals surface area contributed by atoms with E-state index in [1.165, 1.54) is 33.4 Å². The van der Waals surface area contributed by atoms with Gasteiger partial charge >= 0.3 is 0 Å². The summed E-state index contributed by atoms with van der Waals surface area (Å²) in [5.41, 5.74) is 11.4. The van der Waals surface area contributed by atoms with E-state index >= 15 is 0 Å². The number of benzene rings is 4. The molecule has 2 N–H and O–H groups in total. The van der Waals surface area contributed by atoms with Crippen molar-refractivity contribution < 1.29 is 10.2 Å². The van der Waals surface area contributed by atoms with E-state index in [4.69, 9.17) is 0 Å². The second-order valence-corrected chi connectivity index (χ2v) is 9.39. The fraction of sp³-hybridized carbons (Fsp3) is 0.226. The molecule has 0 atom stereocenters. The summed E-state index contributed by atoms with van der Waals surface area (Å²) in [5, 5.41) is 20.5. The van der Waals surface area contributed by atoms with Crippen LogP contribution in [0.1, 0.15) is 55.6 Å². The van der Waals surface area contributed by atoms with E-state index in [0.717, 1.165) is 35.1 Å². The van der Waals surface area contributed by atoms with Crippen LogP contribution in [0.4, 0.5) is 0 Å². The Morgan fingerprint density at radius 2 is 1.12 bits per heavy atom. The summed E-state index contributed by atoms with van der Waals surface area (Å²) in [5.74, 6) is 0.655. The lowest BCUT2D eigenvalue weighted by molar-refractivity contribution is 0.464. The van der Waals surface area contributed by atoms with Gasteiger partial charge in [0.15, 0.2) is 0 Å². The van der Waals surface area contributed by atoms with Gasteiger partial charge in [-0.25, -0.2) is 0 Å². The molecule has 0 amide bonds. The molecule has 2 nitrogen and oxygen atoms in total. The van der Waals surface area contributed by atoms with Crippen LogP contribution in [0.15, 0.2) is 72.8 Å². The number of phenolic OH excluding ortho intramolecular Hbond substituents is 2. The van der Waals surface area contributed by atoms with Crippen LogP contribution in [0.5, 0.6) is 11.5 Å². The van der Waals surface area contributed by atoms with Gasteiger partial charge in [0, 0.05) is 6.42 Å². The zero-order chi connectivity index (χ0) is 23.5. The van der Waals surface area contributed by atoms with Crippen molar-refractivity contribution in [3.63, 3.8) is 0 Å². The Morgan fingerprint density at radius 3 is 1.82 bits per heavy atom. The van der Waals surface area contributed by atoms with Crippen LogP contribution in [-0.2, 0) is 19.3 Å². The van der Waals surface area contributed by atoms with Crippen molar-refractivity contribution in [1.29, 1.82) is 0 Å². The Labute approximate surface area is 197 Å². The first-order chi connectivity index (χ1) is 15.8. The van der Waals surface area contributed by atoms with Crippen LogP contribution in [0.2, 0.25) is 0 Å². The summed E-state index contributed by atoms with van der Waals surface area (Å²) in [6.45, 7) is 8.15. The average molecular weight is 437 g/mol. The minimum Gasteiger partial charge on any atom is -0.508 e. The first-order valence-corrected chi connectivity index (χ1v) is 11.5. The third-order valence-electron chi connectivity index (χ3n) is 6.19. The maximum atomic E-state index is 10.7. The van der Waals surface area contributed by atoms with Crippen LogP contribution < -0.4 is 0 Å². The fourth-order valence-corrected chi connectivity index (χ4v) is 4.66. The second-order valence-electron chi connectivity index (χ2n) is 9.39. The smallest absolute Gasteiger partial charge is 0.122 e. The molecule has 0 aromatic heterocycles. The van der Waals surface area contributed by atoms with E-state index in [0.29, 0.717) is 17.9 Å². The Morgan fingerprint density at radius 1 is 0.515 bits per heavy atom. The molecule has 0 unspecified atom stereocenters. The maximum absolute atomic E-state index is 10.7. The molecule has 0 saturated heterocycles. The fourth-order valence-electron chi connectivity index (χ4n) is 4.66. The number of aromatic hydroxyl groups is 2. The summed E-state index contributed by atoms with van der Waals surface area (Å²) in [4.78, 5) is 0. The number of phenols is 2. The molecule has 168 valence electrons. The van der Waals surface area contributed by atoms with Crippen LogP contribution in [0.3, 0.4) is 0 Å². The van der Waals surface area contributed by atoms with E-state index < -0.39 is 0 Å². The number of aryl methyl sites for hydroxylation is 4. The highest BCUT2D eigenvalue weighted by Gasteiger charge is 2.11. The van der Waals surface area contributed by atoms with Crippen molar-refractivity contribution in [2.45, 2.75) is 47.0 Å². The first kappa shape index (κ1) is 22.7. The van der Waals surface area contributed by atoms with Gasteiger partial charge in [0.2, 0.25) is 0 Å². The first-order valence-electron chi connectivity index (χ1n) is 11.5. The molecule has 4 aromatic carbocycles. The molecule has 0 heterocycles. The predicted molar refractivity (Wildman–Crippen MR) is 136 cm³/mol. The summed E-state index contributed by atoms with van der Waals surface area (Å²) in [7, 11) is 0. The SMILES string of the molecule is Cc1cccc(Cc2cc(C)cc(Cc3cc(C)c(O)c(Cc4ccc(O)c(C)c4)c3)c2)c1. The van der Waals surface area contributed by atoms with Crippen molar-refractivity contribution >= 4 is 0 Å². The normalized spacial score (nSPS) is 11.0. The molecule has 0 aliphatic rings. The zero-order valence-electron chi connectivity index (χ0n) is 19.9. The van der Waals surface area contributed by atoms with Gasteiger partial charge in [-0.1, -0.05) is 77.9 Å². The summed E-state index contributed by atoms with van der Waals surface area (Å²) >= 11 is 0. The molecule has 0 spiro atoms. The largest absolute Gasteiger partial charge is 0.508 e. The lowest BCUT2D eigenvalue weighted by atomic mass is 9.93. The van der Waals surface area contributed by atoms with E-state index in [1.807, 2.05) is 26.0 Å². The van der Waals surface area contributed by atoms with Gasteiger partial charge in [-0.2, -0.15) is 0 Å². The molecular weight excluding hydrogens is 404 g/mol. The molecule has 0 fully saturated rings. The summed E-state index contributed by atoms with van der Waals surface area (Å²) < 4.78 is 0. The van der Waals surface area contributed by atoms with Gasteiger partial charge in [-0.15, -0.1) is 0 Å². The lowest BCUT2D eigenvalue weighted by Crippen LogP contribution is -1.98. The van der Waals surface area contributed by atoms with Gasteiger partial charge in [-0.3, -0.25) is 0 Å². The molecular formula is C31H32O2. The molecule has 0 bridgehead atoms. The molecule has 4 aromatic rings. The standard InChI is InChI=1S/C31H32O2/c1-20-6-5-7-24(10-20)15-26-11-21(2)12-27(16-26)17-28-14-23(4)31(33)29(19-28)18-25-8-9-30(32)22(3)13-25/h5-14,16,19,32-33H,15,17-18H2,1-4H3. The molecule has 4 rings (SSSR count). The summed E-state index contributed by atoms with van der Waals surface area (Å²) in [6.07, 6.45) is 2.38. The summed E-state index contributed by atoms with van der Waals surface area (Å²) in [6, 6.07) is 25.4. The maximum Gasteiger partial charge on any atom is 0.122 e. The lowest BCUT2D eigenvalue weighted by Gasteiger charge is -2.13. The van der Waals surface area contributed by atoms with E-state index in [9.17, 15) is 10.2 Å². The Balaban J connectivity index is 1.59. The van der Waals surface area contributed by atoms with Gasteiger partial charge in [0.05, 0.1) is 0 Å². The van der Waals surface area contributed by atoms with Crippen LogP contribution >= 0.6 is 0 Å². The minimum absolute atomic E-state index is 0.300. The van der Waals surface area contributed by atoms with Crippen LogP contribution in [0.25, 0.3) is 0 Å². The van der Waals surface area contributed by atoms with Crippen molar-refractivity contribution in [3.05, 3.63) is 128 Å². The van der Waals surface area contributed by atoms with Crippen molar-refractivity contribution in [1.82, 2.24) is 0 Å². The zero-order valence-corrected chi connectivity index (χ0v) is 19.9. The van der Waals surface area contributed by atoms with E-state index in [-0.39, 0.29) is 0 Å². The number of hydrogen-bond acceptors (Lipinski definition) is 2. The Bertz CT molecular complexity index is 1300. The van der Waals surface area contributed by atoms with Crippen LogP contribution in [0, 0.1) is 27.7 Å². The second kappa shape index (κ2) is 9.54. The number of hydrogen-bond donors (Lipinski definition) is 2. The van der Waals surface area contributed by atoms with Gasteiger partial charge < -0.3 is 10.2 Å². The van der Waals surface area contributed by atoms with Gasteiger partial charge in [-0.05, 0) is 91.1 Å². The third kappa shape index (κ3) is 5.64. The molecule has 0 aliphatic heterocycles. The van der Waals surface area contributed by atoms with Crippen molar-refractivity contribution in [2.24, 2.45) is 0 Å². The topological polar surface area (TPSA) is 40.5 Å². The molecule has 0 saturated carbocycles. The van der Waals surface area contributed by atoms with Gasteiger partial charge in [0.25, 0.3) is 0 Å². The monoisotopic (exact) mass is 436 g/mol. The minimum atomic E-state index is 0.300. The highest BCUT2D eigenvalue weighted by atomic mass is 16.3. The molecule has 33 heavy (non-hydrogen) atoms. The Kier molecular flexibility index (Phi) is 6.55. The quantitative estimate of drug-likeness (QED) is 0.338. The van der Waals surface area contributed by atoms with Gasteiger partial charge in [0.1, 0.15) is 11.5 Å². The predicted octanol–water partition coefficient (Wildman–Crippen LogP) is 7.10. The number of rotatable bonds is 6. The highest BCUT2D eigenvalue weighted by Crippen LogP contribution is 2.29. The average Bonchev–Trinajstić information content (AvgIpc) is 2.74. The van der Waals surface area contributed by atoms with Crippen molar-refractivity contribution in [2.75, 3.05) is 0 Å². The Hall–Kier alpha value is -3.52. The molecule has 0 radical (unpaired) electrons. The van der Waals surface area contributed by atoms with Crippen LogP contribution in [-0.4, -0.2) is 10.2 Å².